The SMILES string of the molecule is C=C(c1ccc2sccc2c1)C(C)NCC. The number of nitrogens with one attached hydrogen (secondary N) is 1. The summed E-state index contributed by atoms with van der Waals surface area (Å²) in [6.07, 6.45) is 0. The Bertz CT molecular complexity index is 498. The van der Waals surface area contributed by atoms with Crippen molar-refractivity contribution in [1.29, 1.82) is 0 Å². The second kappa shape index (κ2) is 4.81. The lowest BCUT2D eigenvalue weighted by Gasteiger charge is -2.15. The van der Waals surface area contributed by atoms with E-state index in [1.165, 1.54) is 15.6 Å². The van der Waals surface area contributed by atoms with Crippen molar-refractivity contribution >= 4 is 27.0 Å². The predicted molar refractivity (Wildman–Crippen MR) is 74.0 cm³/mol. The Morgan fingerprint density at radius 2 is 2.25 bits per heavy atom. The first kappa shape index (κ1) is 11.4. The molecular weight excluding hydrogens is 214 g/mol. The van der Waals surface area contributed by atoms with Crippen molar-refractivity contribution in [1.82, 2.24) is 5.32 Å². The summed E-state index contributed by atoms with van der Waals surface area (Å²) in [5.74, 6) is 0. The molecule has 2 rings (SSSR count). The molecular formula is C14H17NS. The van der Waals surface area contributed by atoms with Crippen molar-refractivity contribution in [3.8, 4) is 0 Å². The Hall–Kier alpha value is -1.12. The summed E-state index contributed by atoms with van der Waals surface area (Å²) in [6.45, 7) is 9.42. The molecule has 84 valence electrons. The van der Waals surface area contributed by atoms with Crippen LogP contribution in [0.25, 0.3) is 15.7 Å². The minimum atomic E-state index is 0.334. The average molecular weight is 231 g/mol. The molecule has 0 aliphatic carbocycles. The van der Waals surface area contributed by atoms with Crippen LogP contribution in [0, 0.1) is 0 Å². The Kier molecular flexibility index (Phi) is 3.42. The van der Waals surface area contributed by atoms with Gasteiger partial charge in [-0.3, -0.25) is 0 Å². The Morgan fingerprint density at radius 3 is 3.00 bits per heavy atom. The quantitative estimate of drug-likeness (QED) is 0.841. The number of hydrogen-bond donors (Lipinski definition) is 1. The molecule has 1 N–H and O–H groups in total. The largest absolute Gasteiger partial charge is 0.310 e. The van der Waals surface area contributed by atoms with Gasteiger partial charge in [-0.2, -0.15) is 0 Å². The molecule has 16 heavy (non-hydrogen) atoms. The second-order valence-electron chi connectivity index (χ2n) is 3.98. The van der Waals surface area contributed by atoms with Crippen LogP contribution in [-0.2, 0) is 0 Å². The van der Waals surface area contributed by atoms with E-state index < -0.39 is 0 Å². The topological polar surface area (TPSA) is 12.0 Å². The molecule has 1 heterocycles. The number of hydrogen-bond acceptors (Lipinski definition) is 2. The minimum Gasteiger partial charge on any atom is -0.310 e. The molecule has 0 aliphatic heterocycles. The lowest BCUT2D eigenvalue weighted by Crippen LogP contribution is -2.26. The molecule has 1 aromatic carbocycles. The third-order valence-corrected chi connectivity index (χ3v) is 3.75. The molecule has 0 saturated carbocycles. The molecule has 1 aromatic heterocycles. The monoisotopic (exact) mass is 231 g/mol. The van der Waals surface area contributed by atoms with E-state index in [0.29, 0.717) is 6.04 Å². The minimum absolute atomic E-state index is 0.334. The molecule has 2 heteroatoms. The molecule has 0 amide bonds. The van der Waals surface area contributed by atoms with Crippen LogP contribution in [0.15, 0.2) is 36.2 Å². The van der Waals surface area contributed by atoms with Crippen LogP contribution in [0.3, 0.4) is 0 Å². The first-order chi connectivity index (χ1) is 7.72. The van der Waals surface area contributed by atoms with Crippen LogP contribution in [0.2, 0.25) is 0 Å². The fourth-order valence-corrected chi connectivity index (χ4v) is 2.62. The normalized spacial score (nSPS) is 12.9. The summed E-state index contributed by atoms with van der Waals surface area (Å²) < 4.78 is 1.34. The third kappa shape index (κ3) is 2.18. The highest BCUT2D eigenvalue weighted by atomic mass is 32.1. The molecule has 0 spiro atoms. The van der Waals surface area contributed by atoms with Gasteiger partial charge in [0.2, 0.25) is 0 Å². The highest BCUT2D eigenvalue weighted by molar-refractivity contribution is 7.17. The van der Waals surface area contributed by atoms with Crippen molar-refractivity contribution in [2.45, 2.75) is 19.9 Å². The summed E-state index contributed by atoms with van der Waals surface area (Å²) in [6, 6.07) is 9.06. The highest BCUT2D eigenvalue weighted by Gasteiger charge is 2.08. The van der Waals surface area contributed by atoms with Gasteiger partial charge in [0, 0.05) is 10.7 Å². The van der Waals surface area contributed by atoms with Crippen LogP contribution in [-0.4, -0.2) is 12.6 Å². The number of rotatable bonds is 4. The standard InChI is InChI=1S/C14H17NS/c1-4-15-11(3)10(2)12-5-6-14-13(9-12)7-8-16-14/h5-9,11,15H,2,4H2,1,3H3. The number of likely N-dealkylation sites (N-methyl/N-ethyl adjacent to an activating group) is 1. The van der Waals surface area contributed by atoms with E-state index in [4.69, 9.17) is 0 Å². The Morgan fingerprint density at radius 1 is 1.44 bits per heavy atom. The molecule has 1 nitrogen and oxygen atoms in total. The molecule has 0 aliphatic rings. The van der Waals surface area contributed by atoms with Crippen LogP contribution in [0.1, 0.15) is 19.4 Å². The first-order valence-corrected chi connectivity index (χ1v) is 6.50. The zero-order valence-corrected chi connectivity index (χ0v) is 10.6. The third-order valence-electron chi connectivity index (χ3n) is 2.86. The van der Waals surface area contributed by atoms with Crippen molar-refractivity contribution < 1.29 is 0 Å². The fraction of sp³-hybridized carbons (Fsp3) is 0.286. The van der Waals surface area contributed by atoms with Crippen LogP contribution in [0.4, 0.5) is 0 Å². The van der Waals surface area contributed by atoms with E-state index in [2.05, 4.69) is 55.4 Å². The molecule has 1 unspecified atom stereocenters. The van der Waals surface area contributed by atoms with E-state index in [9.17, 15) is 0 Å². The van der Waals surface area contributed by atoms with Gasteiger partial charge in [0.05, 0.1) is 0 Å². The van der Waals surface area contributed by atoms with Gasteiger partial charge in [0.15, 0.2) is 0 Å². The van der Waals surface area contributed by atoms with Gasteiger partial charge in [-0.25, -0.2) is 0 Å². The van der Waals surface area contributed by atoms with Crippen molar-refractivity contribution in [2.24, 2.45) is 0 Å². The van der Waals surface area contributed by atoms with Crippen LogP contribution < -0.4 is 5.32 Å². The maximum Gasteiger partial charge on any atom is 0.0343 e. The lowest BCUT2D eigenvalue weighted by molar-refractivity contribution is 0.674. The number of thiophene rings is 1. The summed E-state index contributed by atoms with van der Waals surface area (Å²) in [4.78, 5) is 0. The molecule has 0 bridgehead atoms. The first-order valence-electron chi connectivity index (χ1n) is 5.62. The van der Waals surface area contributed by atoms with Gasteiger partial charge in [-0.15, -0.1) is 11.3 Å². The zero-order valence-electron chi connectivity index (χ0n) is 9.79. The fourth-order valence-electron chi connectivity index (χ4n) is 1.85. The van der Waals surface area contributed by atoms with Gasteiger partial charge in [-0.1, -0.05) is 19.6 Å². The number of benzene rings is 1. The van der Waals surface area contributed by atoms with Gasteiger partial charge in [0.1, 0.15) is 0 Å². The molecule has 0 saturated heterocycles. The van der Waals surface area contributed by atoms with Crippen molar-refractivity contribution in [2.75, 3.05) is 6.54 Å². The van der Waals surface area contributed by atoms with E-state index in [1.807, 2.05) is 0 Å². The molecule has 0 radical (unpaired) electrons. The Balaban J connectivity index is 2.28. The summed E-state index contributed by atoms with van der Waals surface area (Å²) in [7, 11) is 0. The maximum atomic E-state index is 4.18. The smallest absolute Gasteiger partial charge is 0.0343 e. The summed E-state index contributed by atoms with van der Waals surface area (Å²) in [5.41, 5.74) is 2.40. The molecule has 2 aromatic rings. The van der Waals surface area contributed by atoms with Crippen molar-refractivity contribution in [3.63, 3.8) is 0 Å². The van der Waals surface area contributed by atoms with E-state index in [0.717, 1.165) is 12.1 Å². The van der Waals surface area contributed by atoms with Gasteiger partial charge >= 0.3 is 0 Å². The van der Waals surface area contributed by atoms with Gasteiger partial charge in [0.25, 0.3) is 0 Å². The summed E-state index contributed by atoms with van der Waals surface area (Å²) in [5, 5.41) is 6.83. The zero-order chi connectivity index (χ0) is 11.5. The predicted octanol–water partition coefficient (Wildman–Crippen LogP) is 3.91. The summed E-state index contributed by atoms with van der Waals surface area (Å²) >= 11 is 1.78. The Labute approximate surface area is 101 Å². The van der Waals surface area contributed by atoms with E-state index >= 15 is 0 Å². The van der Waals surface area contributed by atoms with Crippen LogP contribution >= 0.6 is 11.3 Å². The number of fused-ring (bicyclic) bond motifs is 1. The average Bonchev–Trinajstić information content (AvgIpc) is 2.75. The molecule has 0 fully saturated rings. The molecule has 1 atom stereocenters. The van der Waals surface area contributed by atoms with E-state index in [-0.39, 0.29) is 0 Å². The van der Waals surface area contributed by atoms with E-state index in [1.54, 1.807) is 11.3 Å². The maximum absolute atomic E-state index is 4.18. The lowest BCUT2D eigenvalue weighted by atomic mass is 10.0. The van der Waals surface area contributed by atoms with Crippen molar-refractivity contribution in [3.05, 3.63) is 41.8 Å². The highest BCUT2D eigenvalue weighted by Crippen LogP contribution is 2.25. The van der Waals surface area contributed by atoms with Crippen LogP contribution in [0.5, 0.6) is 0 Å². The van der Waals surface area contributed by atoms with Gasteiger partial charge in [-0.05, 0) is 53.6 Å². The van der Waals surface area contributed by atoms with Gasteiger partial charge < -0.3 is 5.32 Å². The second-order valence-corrected chi connectivity index (χ2v) is 4.93.